The molecule has 1 heterocycles. The van der Waals surface area contributed by atoms with Gasteiger partial charge >= 0.3 is 6.18 Å². The summed E-state index contributed by atoms with van der Waals surface area (Å²) in [6, 6.07) is 8.13. The number of halogens is 3. The zero-order valence-electron chi connectivity index (χ0n) is 13.8. The van der Waals surface area contributed by atoms with Crippen LogP contribution in [0.15, 0.2) is 36.4 Å². The predicted molar refractivity (Wildman–Crippen MR) is 88.2 cm³/mol. The molecule has 5 heteroatoms. The largest absolute Gasteiger partial charge is 0.433 e. The normalized spacial score (nSPS) is 13.6. The van der Waals surface area contributed by atoms with Gasteiger partial charge in [-0.2, -0.15) is 13.2 Å². The van der Waals surface area contributed by atoms with Crippen LogP contribution < -0.4 is 5.32 Å². The summed E-state index contributed by atoms with van der Waals surface area (Å²) in [5, 5.41) is 4.57. The Morgan fingerprint density at radius 2 is 1.83 bits per heavy atom. The van der Waals surface area contributed by atoms with Gasteiger partial charge in [-0.15, -0.1) is 0 Å². The van der Waals surface area contributed by atoms with Crippen LogP contribution in [0.4, 0.5) is 13.2 Å². The lowest BCUT2D eigenvalue weighted by Crippen LogP contribution is -2.36. The molecule has 0 aliphatic carbocycles. The lowest BCUT2D eigenvalue weighted by molar-refractivity contribution is -0.141. The third-order valence-electron chi connectivity index (χ3n) is 3.49. The number of nitrogens with zero attached hydrogens (tertiary/aromatic N) is 1. The average Bonchev–Trinajstić information content (AvgIpc) is 2.45. The van der Waals surface area contributed by atoms with E-state index in [9.17, 15) is 13.2 Å². The highest BCUT2D eigenvalue weighted by Crippen LogP contribution is 2.33. The molecule has 0 unspecified atom stereocenters. The molecule has 0 amide bonds. The summed E-state index contributed by atoms with van der Waals surface area (Å²) in [5.74, 6) is 0. The zero-order chi connectivity index (χ0) is 17.3. The van der Waals surface area contributed by atoms with Crippen LogP contribution in [-0.2, 0) is 6.18 Å². The van der Waals surface area contributed by atoms with Crippen molar-refractivity contribution in [1.29, 1.82) is 0 Å². The van der Waals surface area contributed by atoms with Gasteiger partial charge in [-0.1, -0.05) is 30.3 Å². The Morgan fingerprint density at radius 3 is 2.39 bits per heavy atom. The van der Waals surface area contributed by atoms with E-state index in [0.29, 0.717) is 17.6 Å². The van der Waals surface area contributed by atoms with Crippen molar-refractivity contribution in [3.63, 3.8) is 0 Å². The van der Waals surface area contributed by atoms with Crippen molar-refractivity contribution in [1.82, 2.24) is 10.3 Å². The minimum absolute atomic E-state index is 0.133. The first kappa shape index (κ1) is 17.5. The molecule has 1 N–H and O–H groups in total. The molecule has 0 bridgehead atoms. The van der Waals surface area contributed by atoms with E-state index in [1.807, 2.05) is 39.8 Å². The van der Waals surface area contributed by atoms with Crippen molar-refractivity contribution in [3.8, 4) is 0 Å². The van der Waals surface area contributed by atoms with E-state index in [2.05, 4.69) is 10.3 Å². The predicted octanol–water partition coefficient (Wildman–Crippen LogP) is 5.05. The molecule has 0 fully saturated rings. The number of rotatable bonds is 3. The second-order valence-electron chi connectivity index (χ2n) is 6.49. The molecule has 2 rings (SSSR count). The molecule has 0 atom stereocenters. The van der Waals surface area contributed by atoms with Crippen molar-refractivity contribution in [2.45, 2.75) is 39.4 Å². The van der Waals surface area contributed by atoms with Gasteiger partial charge in [0.2, 0.25) is 0 Å². The van der Waals surface area contributed by atoms with Crippen molar-refractivity contribution in [2.24, 2.45) is 0 Å². The molecule has 0 aliphatic heterocycles. The maximum atomic E-state index is 13.1. The molecule has 2 nitrogen and oxygen atoms in total. The van der Waals surface area contributed by atoms with Crippen molar-refractivity contribution >= 4 is 16.3 Å². The van der Waals surface area contributed by atoms with Gasteiger partial charge in [0, 0.05) is 17.5 Å². The molecule has 23 heavy (non-hydrogen) atoms. The first-order chi connectivity index (χ1) is 10.6. The summed E-state index contributed by atoms with van der Waals surface area (Å²) in [6.45, 7) is 8.31. The Kier molecular flexibility index (Phi) is 4.80. The van der Waals surface area contributed by atoms with Crippen LogP contribution in [0, 0.1) is 0 Å². The summed E-state index contributed by atoms with van der Waals surface area (Å²) in [6.07, 6.45) is -2.65. The smallest absolute Gasteiger partial charge is 0.308 e. The van der Waals surface area contributed by atoms with Crippen molar-refractivity contribution < 1.29 is 13.2 Å². The van der Waals surface area contributed by atoms with Gasteiger partial charge in [-0.25, -0.2) is 4.98 Å². The second kappa shape index (κ2) is 6.32. The summed E-state index contributed by atoms with van der Waals surface area (Å²) < 4.78 is 39.4. The third-order valence-corrected chi connectivity index (χ3v) is 3.49. The third kappa shape index (κ3) is 4.32. The van der Waals surface area contributed by atoms with E-state index >= 15 is 0 Å². The monoisotopic (exact) mass is 322 g/mol. The van der Waals surface area contributed by atoms with Crippen LogP contribution in [-0.4, -0.2) is 17.1 Å². The maximum Gasteiger partial charge on any atom is 0.433 e. The summed E-state index contributed by atoms with van der Waals surface area (Å²) >= 11 is 0. The second-order valence-corrected chi connectivity index (χ2v) is 6.49. The Balaban J connectivity index is 2.57. The Labute approximate surface area is 134 Å². The van der Waals surface area contributed by atoms with Gasteiger partial charge in [0.15, 0.2) is 0 Å². The van der Waals surface area contributed by atoms with Gasteiger partial charge < -0.3 is 5.32 Å². The minimum Gasteiger partial charge on any atom is -0.308 e. The number of aromatic nitrogens is 1. The Morgan fingerprint density at radius 1 is 1.17 bits per heavy atom. The lowest BCUT2D eigenvalue weighted by Gasteiger charge is -2.22. The lowest BCUT2D eigenvalue weighted by atomic mass is 10.0. The van der Waals surface area contributed by atoms with Gasteiger partial charge in [0.05, 0.1) is 5.69 Å². The zero-order valence-corrected chi connectivity index (χ0v) is 13.8. The van der Waals surface area contributed by atoms with Gasteiger partial charge in [-0.05, 0) is 44.7 Å². The van der Waals surface area contributed by atoms with E-state index in [1.54, 1.807) is 18.2 Å². The van der Waals surface area contributed by atoms with Gasteiger partial charge in [-0.3, -0.25) is 0 Å². The molecule has 2 aromatic rings. The molecule has 0 radical (unpaired) electrons. The van der Waals surface area contributed by atoms with Crippen LogP contribution in [0.2, 0.25) is 0 Å². The van der Waals surface area contributed by atoms with E-state index in [0.717, 1.165) is 17.0 Å². The molecule has 0 saturated carbocycles. The molecule has 124 valence electrons. The molecular weight excluding hydrogens is 301 g/mol. The topological polar surface area (TPSA) is 24.9 Å². The first-order valence-corrected chi connectivity index (χ1v) is 7.49. The highest BCUT2D eigenvalue weighted by Gasteiger charge is 2.33. The number of benzene rings is 1. The van der Waals surface area contributed by atoms with Crippen LogP contribution in [0.1, 0.15) is 39.1 Å². The number of nitrogens with one attached hydrogen (secondary N) is 1. The van der Waals surface area contributed by atoms with Crippen LogP contribution in [0.5, 0.6) is 0 Å². The van der Waals surface area contributed by atoms with Crippen molar-refractivity contribution in [2.75, 3.05) is 6.54 Å². The highest BCUT2D eigenvalue weighted by atomic mass is 19.4. The fraction of sp³-hybridized carbons (Fsp3) is 0.389. The quantitative estimate of drug-likeness (QED) is 0.856. The minimum atomic E-state index is -4.46. The van der Waals surface area contributed by atoms with Crippen LogP contribution in [0.25, 0.3) is 16.3 Å². The van der Waals surface area contributed by atoms with Crippen LogP contribution >= 0.6 is 0 Å². The summed E-state index contributed by atoms with van der Waals surface area (Å²) in [7, 11) is 0. The highest BCUT2D eigenvalue weighted by molar-refractivity contribution is 5.92. The Bertz CT molecular complexity index is 725. The Hall–Kier alpha value is -1.88. The molecule has 1 aromatic carbocycles. The number of pyridine rings is 1. The average molecular weight is 322 g/mol. The number of allylic oxidation sites excluding steroid dienone is 1. The van der Waals surface area contributed by atoms with E-state index in [-0.39, 0.29) is 5.54 Å². The molecule has 0 saturated heterocycles. The standard InChI is InChI=1S/C18H21F3N2/c1-5-12(11-22-17(2,3)4)16-14-9-7-6-8-13(14)10-15(23-16)18(19,20)21/h5-10,22H,11H2,1-4H3/b12-5-. The first-order valence-electron chi connectivity index (χ1n) is 7.49. The molecule has 0 spiro atoms. The van der Waals surface area contributed by atoms with Crippen molar-refractivity contribution in [3.05, 3.63) is 47.8 Å². The number of hydrogen-bond donors (Lipinski definition) is 1. The molecular formula is C18H21F3N2. The summed E-state index contributed by atoms with van der Waals surface area (Å²) in [5.41, 5.74) is 0.143. The van der Waals surface area contributed by atoms with E-state index < -0.39 is 11.9 Å². The van der Waals surface area contributed by atoms with E-state index in [1.165, 1.54) is 0 Å². The molecule has 1 aromatic heterocycles. The summed E-state index contributed by atoms with van der Waals surface area (Å²) in [4.78, 5) is 3.91. The molecule has 0 aliphatic rings. The number of hydrogen-bond acceptors (Lipinski definition) is 2. The number of fused-ring (bicyclic) bond motifs is 1. The fourth-order valence-electron chi connectivity index (χ4n) is 2.27. The number of alkyl halides is 3. The van der Waals surface area contributed by atoms with Crippen LogP contribution in [0.3, 0.4) is 0 Å². The van der Waals surface area contributed by atoms with Gasteiger partial charge in [0.25, 0.3) is 0 Å². The van der Waals surface area contributed by atoms with E-state index in [4.69, 9.17) is 0 Å². The SMILES string of the molecule is C/C=C(/CNC(C)(C)C)c1nc(C(F)(F)F)cc2ccccc12. The van der Waals surface area contributed by atoms with Gasteiger partial charge in [0.1, 0.15) is 5.69 Å². The maximum absolute atomic E-state index is 13.1. The fourth-order valence-corrected chi connectivity index (χ4v) is 2.27.